The Balaban J connectivity index is 2.10. The monoisotopic (exact) mass is 365 g/mol. The molecule has 0 bridgehead atoms. The van der Waals surface area contributed by atoms with E-state index in [1.807, 2.05) is 22.8 Å². The minimum atomic E-state index is 0.340. The van der Waals surface area contributed by atoms with Gasteiger partial charge in [0.2, 0.25) is 5.88 Å². The van der Waals surface area contributed by atoms with E-state index in [4.69, 9.17) is 16.3 Å². The van der Waals surface area contributed by atoms with Gasteiger partial charge in [-0.3, -0.25) is 0 Å². The fourth-order valence-corrected chi connectivity index (χ4v) is 2.88. The van der Waals surface area contributed by atoms with Crippen LogP contribution in [0.15, 0.2) is 40.9 Å². The highest BCUT2D eigenvalue weighted by molar-refractivity contribution is 9.10. The minimum Gasteiger partial charge on any atom is -0.481 e. The number of alkyl halides is 1. The Hall–Kier alpha value is -1.59. The van der Waals surface area contributed by atoms with Gasteiger partial charge < -0.3 is 9.30 Å². The summed E-state index contributed by atoms with van der Waals surface area (Å²) in [5, 5.41) is 0. The lowest BCUT2D eigenvalue weighted by Gasteiger charge is -2.08. The molecule has 21 heavy (non-hydrogen) atoms. The number of pyridine rings is 1. The molecule has 4 nitrogen and oxygen atoms in total. The zero-order chi connectivity index (χ0) is 14.8. The lowest BCUT2D eigenvalue weighted by molar-refractivity contribution is 0.399. The number of imidazole rings is 1. The molecule has 0 aliphatic carbocycles. The number of fused-ring (bicyclic) bond motifs is 1. The third-order valence-electron chi connectivity index (χ3n) is 3.20. The van der Waals surface area contributed by atoms with Gasteiger partial charge in [0.05, 0.1) is 19.5 Å². The summed E-state index contributed by atoms with van der Waals surface area (Å²) in [6.07, 6.45) is 0. The van der Waals surface area contributed by atoms with Gasteiger partial charge in [-0.2, -0.15) is 4.98 Å². The van der Waals surface area contributed by atoms with E-state index in [1.165, 1.54) is 0 Å². The molecule has 0 aliphatic heterocycles. The predicted molar refractivity (Wildman–Crippen MR) is 86.9 cm³/mol. The number of methoxy groups -OCH3 is 1. The lowest BCUT2D eigenvalue weighted by atomic mass is 10.2. The molecule has 0 saturated heterocycles. The third kappa shape index (κ3) is 2.89. The van der Waals surface area contributed by atoms with Crippen LogP contribution in [0.3, 0.4) is 0 Å². The molecule has 2 aromatic heterocycles. The quantitative estimate of drug-likeness (QED) is 0.656. The number of hydrogen-bond donors (Lipinski definition) is 0. The van der Waals surface area contributed by atoms with Gasteiger partial charge in [0.1, 0.15) is 11.3 Å². The van der Waals surface area contributed by atoms with Crippen molar-refractivity contribution in [3.63, 3.8) is 0 Å². The largest absolute Gasteiger partial charge is 0.481 e. The molecule has 0 saturated carbocycles. The normalized spacial score (nSPS) is 11.0. The van der Waals surface area contributed by atoms with E-state index in [1.54, 1.807) is 13.2 Å². The average Bonchev–Trinajstić information content (AvgIpc) is 2.84. The first-order chi connectivity index (χ1) is 10.2. The second-order valence-corrected chi connectivity index (χ2v) is 5.76. The zero-order valence-electron chi connectivity index (χ0n) is 11.4. The van der Waals surface area contributed by atoms with Crippen LogP contribution in [0.25, 0.3) is 11.2 Å². The number of ether oxygens (including phenoxy) is 1. The summed E-state index contributed by atoms with van der Waals surface area (Å²) in [6.45, 7) is 0.665. The first-order valence-electron chi connectivity index (χ1n) is 6.42. The van der Waals surface area contributed by atoms with E-state index in [0.29, 0.717) is 18.3 Å². The van der Waals surface area contributed by atoms with Crippen LogP contribution >= 0.6 is 27.5 Å². The zero-order valence-corrected chi connectivity index (χ0v) is 13.7. The molecule has 0 N–H and O–H groups in total. The molecule has 0 unspecified atom stereocenters. The first kappa shape index (κ1) is 14.4. The summed E-state index contributed by atoms with van der Waals surface area (Å²) in [5.41, 5.74) is 2.76. The van der Waals surface area contributed by atoms with Crippen LogP contribution in [0.5, 0.6) is 5.88 Å². The van der Waals surface area contributed by atoms with Crippen LogP contribution in [0.1, 0.15) is 11.4 Å². The maximum atomic E-state index is 6.02. The average molecular weight is 367 g/mol. The Morgan fingerprint density at radius 2 is 2.10 bits per heavy atom. The van der Waals surface area contributed by atoms with Gasteiger partial charge in [-0.1, -0.05) is 28.1 Å². The summed E-state index contributed by atoms with van der Waals surface area (Å²) in [7, 11) is 1.60. The number of benzene rings is 1. The van der Waals surface area contributed by atoms with E-state index in [2.05, 4.69) is 38.0 Å². The molecule has 0 aliphatic rings. The second-order valence-electron chi connectivity index (χ2n) is 4.57. The smallest absolute Gasteiger partial charge is 0.215 e. The fraction of sp³-hybridized carbons (Fsp3) is 0.200. The SMILES string of the molecule is COc1ccc2nc(CCl)n(Cc3cccc(Br)c3)c2n1. The number of hydrogen-bond acceptors (Lipinski definition) is 3. The van der Waals surface area contributed by atoms with Crippen molar-refractivity contribution >= 4 is 38.7 Å². The van der Waals surface area contributed by atoms with Gasteiger partial charge in [0, 0.05) is 10.5 Å². The third-order valence-corrected chi connectivity index (χ3v) is 3.94. The molecular weight excluding hydrogens is 354 g/mol. The first-order valence-corrected chi connectivity index (χ1v) is 7.74. The highest BCUT2D eigenvalue weighted by Gasteiger charge is 2.12. The Morgan fingerprint density at radius 3 is 2.81 bits per heavy atom. The van der Waals surface area contributed by atoms with Gasteiger partial charge in [0.15, 0.2) is 5.65 Å². The number of rotatable bonds is 4. The summed E-state index contributed by atoms with van der Waals surface area (Å²) in [6, 6.07) is 11.8. The Labute approximate surface area is 135 Å². The van der Waals surface area contributed by atoms with E-state index >= 15 is 0 Å². The molecule has 3 aromatic rings. The van der Waals surface area contributed by atoms with Crippen molar-refractivity contribution in [2.45, 2.75) is 12.4 Å². The van der Waals surface area contributed by atoms with Crippen LogP contribution in [0.4, 0.5) is 0 Å². The van der Waals surface area contributed by atoms with Gasteiger partial charge in [-0.25, -0.2) is 4.98 Å². The summed E-state index contributed by atoms with van der Waals surface area (Å²) < 4.78 is 8.26. The van der Waals surface area contributed by atoms with Crippen LogP contribution < -0.4 is 4.74 Å². The van der Waals surface area contributed by atoms with Gasteiger partial charge in [-0.15, -0.1) is 11.6 Å². The molecule has 108 valence electrons. The Bertz CT molecular complexity index is 788. The molecule has 2 heterocycles. The number of aromatic nitrogens is 3. The number of nitrogens with zero attached hydrogens (tertiary/aromatic N) is 3. The van der Waals surface area contributed by atoms with E-state index in [0.717, 1.165) is 27.0 Å². The van der Waals surface area contributed by atoms with Gasteiger partial charge in [0.25, 0.3) is 0 Å². The fourth-order valence-electron chi connectivity index (χ4n) is 2.23. The summed E-state index contributed by atoms with van der Waals surface area (Å²) in [4.78, 5) is 9.02. The highest BCUT2D eigenvalue weighted by Crippen LogP contribution is 2.21. The molecule has 6 heteroatoms. The maximum absolute atomic E-state index is 6.02. The van der Waals surface area contributed by atoms with Crippen LogP contribution in [-0.4, -0.2) is 21.6 Å². The molecule has 0 spiro atoms. The van der Waals surface area contributed by atoms with Crippen molar-refractivity contribution in [2.75, 3.05) is 7.11 Å². The standard InChI is InChI=1S/C15H13BrClN3O/c1-21-14-6-5-12-15(19-14)20(13(8-17)18-12)9-10-3-2-4-11(16)7-10/h2-7H,8-9H2,1H3. The lowest BCUT2D eigenvalue weighted by Crippen LogP contribution is -2.05. The van der Waals surface area contributed by atoms with Crippen LogP contribution in [0, 0.1) is 0 Å². The summed E-state index contributed by atoms with van der Waals surface area (Å²) >= 11 is 9.51. The van der Waals surface area contributed by atoms with E-state index in [9.17, 15) is 0 Å². The Kier molecular flexibility index (Phi) is 4.12. The molecule has 3 rings (SSSR count). The van der Waals surface area contributed by atoms with Gasteiger partial charge in [-0.05, 0) is 23.8 Å². The maximum Gasteiger partial charge on any atom is 0.215 e. The molecular formula is C15H13BrClN3O. The second kappa shape index (κ2) is 6.03. The summed E-state index contributed by atoms with van der Waals surface area (Å²) in [5.74, 6) is 1.71. The Morgan fingerprint density at radius 1 is 1.24 bits per heavy atom. The van der Waals surface area contributed by atoms with Crippen LogP contribution in [0.2, 0.25) is 0 Å². The molecule has 1 aromatic carbocycles. The van der Waals surface area contributed by atoms with Crippen molar-refractivity contribution in [2.24, 2.45) is 0 Å². The molecule has 0 atom stereocenters. The molecule has 0 radical (unpaired) electrons. The minimum absolute atomic E-state index is 0.340. The number of halogens is 2. The molecule has 0 amide bonds. The van der Waals surface area contributed by atoms with Gasteiger partial charge >= 0.3 is 0 Å². The van der Waals surface area contributed by atoms with Crippen molar-refractivity contribution in [1.29, 1.82) is 0 Å². The van der Waals surface area contributed by atoms with Crippen LogP contribution in [-0.2, 0) is 12.4 Å². The van der Waals surface area contributed by atoms with Crippen molar-refractivity contribution in [3.05, 3.63) is 52.3 Å². The van der Waals surface area contributed by atoms with Crippen molar-refractivity contribution in [3.8, 4) is 5.88 Å². The van der Waals surface area contributed by atoms with Crippen molar-refractivity contribution < 1.29 is 4.74 Å². The van der Waals surface area contributed by atoms with Crippen molar-refractivity contribution in [1.82, 2.24) is 14.5 Å². The van der Waals surface area contributed by atoms with E-state index in [-0.39, 0.29) is 0 Å². The van der Waals surface area contributed by atoms with E-state index < -0.39 is 0 Å². The predicted octanol–water partition coefficient (Wildman–Crippen LogP) is 3.99. The highest BCUT2D eigenvalue weighted by atomic mass is 79.9. The topological polar surface area (TPSA) is 39.9 Å². The molecule has 0 fully saturated rings.